The molecule has 6 heteroatoms. The highest BCUT2D eigenvalue weighted by molar-refractivity contribution is 6.30. The fourth-order valence-corrected chi connectivity index (χ4v) is 4.83. The predicted molar refractivity (Wildman–Crippen MR) is 134 cm³/mol. The Hall–Kier alpha value is -3.02. The molecular formula is C27H29ClN4O. The number of carbonyl (C=O) groups is 1. The first kappa shape index (κ1) is 21.8. The molecule has 0 saturated carbocycles. The van der Waals surface area contributed by atoms with E-state index >= 15 is 0 Å². The lowest BCUT2D eigenvalue weighted by molar-refractivity contribution is -0.132. The molecule has 170 valence electrons. The molecule has 1 fully saturated rings. The van der Waals surface area contributed by atoms with E-state index in [1.165, 1.54) is 16.8 Å². The van der Waals surface area contributed by atoms with E-state index in [-0.39, 0.29) is 12.1 Å². The summed E-state index contributed by atoms with van der Waals surface area (Å²) in [6.45, 7) is 6.10. The van der Waals surface area contributed by atoms with Crippen molar-refractivity contribution in [3.63, 3.8) is 0 Å². The Morgan fingerprint density at radius 1 is 1.00 bits per heavy atom. The summed E-state index contributed by atoms with van der Waals surface area (Å²) in [5.74, 6) is 0.245. The number of hydrogen-bond donors (Lipinski definition) is 1. The van der Waals surface area contributed by atoms with E-state index in [9.17, 15) is 4.79 Å². The van der Waals surface area contributed by atoms with Gasteiger partial charge in [0.25, 0.3) is 0 Å². The topological polar surface area (TPSA) is 38.8 Å². The number of fused-ring (bicyclic) bond motifs is 1. The van der Waals surface area contributed by atoms with Crippen LogP contribution >= 0.6 is 11.6 Å². The van der Waals surface area contributed by atoms with Crippen LogP contribution in [-0.2, 0) is 4.79 Å². The number of rotatable bonds is 5. The van der Waals surface area contributed by atoms with Crippen LogP contribution in [0.15, 0.2) is 78.6 Å². The third kappa shape index (κ3) is 4.56. The number of hydrogen-bond acceptors (Lipinski definition) is 4. The predicted octanol–water partition coefficient (Wildman–Crippen LogP) is 4.41. The normalized spacial score (nSPS) is 20.5. The van der Waals surface area contributed by atoms with Crippen molar-refractivity contribution in [3.8, 4) is 0 Å². The Morgan fingerprint density at radius 3 is 2.42 bits per heavy atom. The fourth-order valence-electron chi connectivity index (χ4n) is 4.70. The Morgan fingerprint density at radius 2 is 1.73 bits per heavy atom. The Bertz CT molecular complexity index is 1100. The molecular weight excluding hydrogens is 432 g/mol. The number of halogens is 1. The van der Waals surface area contributed by atoms with Gasteiger partial charge in [-0.2, -0.15) is 0 Å². The van der Waals surface area contributed by atoms with E-state index in [1.807, 2.05) is 30.0 Å². The average molecular weight is 461 g/mol. The molecule has 1 unspecified atom stereocenters. The van der Waals surface area contributed by atoms with Crippen molar-refractivity contribution >= 4 is 28.8 Å². The molecule has 0 spiro atoms. The highest BCUT2D eigenvalue weighted by Gasteiger charge is 2.33. The summed E-state index contributed by atoms with van der Waals surface area (Å²) in [5, 5.41) is 4.45. The molecule has 33 heavy (non-hydrogen) atoms. The summed E-state index contributed by atoms with van der Waals surface area (Å²) in [6, 6.07) is 18.5. The lowest BCUT2D eigenvalue weighted by Crippen LogP contribution is -2.49. The molecule has 1 atom stereocenters. The van der Waals surface area contributed by atoms with E-state index in [0.717, 1.165) is 49.0 Å². The van der Waals surface area contributed by atoms with Gasteiger partial charge in [0.1, 0.15) is 6.17 Å². The zero-order valence-electron chi connectivity index (χ0n) is 18.9. The molecule has 0 bridgehead atoms. The van der Waals surface area contributed by atoms with Crippen LogP contribution in [0.5, 0.6) is 0 Å². The molecule has 1 N–H and O–H groups in total. The van der Waals surface area contributed by atoms with Crippen molar-refractivity contribution in [2.75, 3.05) is 32.7 Å². The van der Waals surface area contributed by atoms with Crippen LogP contribution in [0.25, 0.3) is 11.3 Å². The van der Waals surface area contributed by atoms with Gasteiger partial charge in [-0.1, -0.05) is 67.1 Å². The van der Waals surface area contributed by atoms with Gasteiger partial charge in [-0.3, -0.25) is 9.69 Å². The van der Waals surface area contributed by atoms with Crippen LogP contribution in [0.3, 0.4) is 0 Å². The summed E-state index contributed by atoms with van der Waals surface area (Å²) in [5.41, 5.74) is 5.92. The maximum Gasteiger partial charge on any atom is 0.222 e. The molecule has 5 nitrogen and oxygen atoms in total. The van der Waals surface area contributed by atoms with Gasteiger partial charge in [-0.25, -0.2) is 0 Å². The number of nitrogens with zero attached hydrogens (tertiary/aromatic N) is 3. The second-order valence-corrected chi connectivity index (χ2v) is 9.08. The van der Waals surface area contributed by atoms with Crippen molar-refractivity contribution < 1.29 is 4.79 Å². The van der Waals surface area contributed by atoms with Crippen molar-refractivity contribution in [1.82, 2.24) is 20.0 Å². The minimum atomic E-state index is 0.0844. The molecule has 0 aromatic heterocycles. The van der Waals surface area contributed by atoms with Crippen molar-refractivity contribution in [2.24, 2.45) is 0 Å². The fraction of sp³-hybridized carbons (Fsp3) is 0.296. The summed E-state index contributed by atoms with van der Waals surface area (Å²) >= 11 is 6.16. The van der Waals surface area contributed by atoms with Crippen molar-refractivity contribution in [1.29, 1.82) is 0 Å². The molecule has 1 amide bonds. The van der Waals surface area contributed by atoms with Crippen LogP contribution in [0.2, 0.25) is 5.02 Å². The van der Waals surface area contributed by atoms with Crippen LogP contribution in [-0.4, -0.2) is 59.5 Å². The summed E-state index contributed by atoms with van der Waals surface area (Å²) in [6.07, 6.45) is 7.33. The minimum absolute atomic E-state index is 0.0844. The van der Waals surface area contributed by atoms with Crippen molar-refractivity contribution in [3.05, 3.63) is 94.8 Å². The number of nitrogens with one attached hydrogen (secondary N) is 1. The number of amides is 1. The molecule has 5 rings (SSSR count). The molecule has 0 radical (unpaired) electrons. The zero-order chi connectivity index (χ0) is 22.8. The molecule has 0 aliphatic carbocycles. The van der Waals surface area contributed by atoms with Crippen molar-refractivity contribution in [2.45, 2.75) is 19.5 Å². The smallest absolute Gasteiger partial charge is 0.222 e. The molecule has 1 saturated heterocycles. The van der Waals surface area contributed by atoms with E-state index in [1.54, 1.807) is 0 Å². The van der Waals surface area contributed by atoms with Gasteiger partial charge in [0, 0.05) is 50.4 Å². The van der Waals surface area contributed by atoms with Gasteiger partial charge < -0.3 is 15.1 Å². The maximum atomic E-state index is 12.1. The van der Waals surface area contributed by atoms with Gasteiger partial charge in [-0.15, -0.1) is 0 Å². The molecule has 3 aliphatic heterocycles. The zero-order valence-corrected chi connectivity index (χ0v) is 19.6. The monoisotopic (exact) mass is 460 g/mol. The van der Waals surface area contributed by atoms with Gasteiger partial charge in [0.05, 0.1) is 11.4 Å². The van der Waals surface area contributed by atoms with E-state index < -0.39 is 0 Å². The van der Waals surface area contributed by atoms with E-state index in [0.29, 0.717) is 6.42 Å². The first-order valence-electron chi connectivity index (χ1n) is 11.6. The summed E-state index contributed by atoms with van der Waals surface area (Å²) < 4.78 is 0. The number of allylic oxidation sites excluding steroid dienone is 2. The number of piperazine rings is 1. The lowest BCUT2D eigenvalue weighted by Gasteiger charge is -2.36. The summed E-state index contributed by atoms with van der Waals surface area (Å²) in [4.78, 5) is 18.9. The molecule has 3 aliphatic rings. The van der Waals surface area contributed by atoms with Crippen LogP contribution in [0, 0.1) is 0 Å². The highest BCUT2D eigenvalue weighted by Crippen LogP contribution is 2.34. The van der Waals surface area contributed by atoms with Gasteiger partial charge >= 0.3 is 0 Å². The van der Waals surface area contributed by atoms with Gasteiger partial charge in [0.15, 0.2) is 0 Å². The summed E-state index contributed by atoms with van der Waals surface area (Å²) in [7, 11) is 0. The van der Waals surface area contributed by atoms with Crippen LogP contribution in [0.4, 0.5) is 0 Å². The Labute approximate surface area is 200 Å². The lowest BCUT2D eigenvalue weighted by atomic mass is 10.0. The maximum absolute atomic E-state index is 12.1. The number of carbonyl (C=O) groups excluding carboxylic acids is 1. The molecule has 2 aromatic carbocycles. The first-order valence-corrected chi connectivity index (χ1v) is 12.0. The van der Waals surface area contributed by atoms with Gasteiger partial charge in [-0.05, 0) is 34.9 Å². The standard InChI is InChI=1S/C27H29ClN4O/c1-2-26(33)31-16-14-30(15-17-31)19-24-27(21-8-11-23(28)12-9-21)29-25-13-10-22(18-32(24)25)20-6-4-3-5-7-20/h3-13,18,25,29H,2,14-17,19H2,1H3. The molecule has 3 heterocycles. The third-order valence-corrected chi connectivity index (χ3v) is 6.82. The van der Waals surface area contributed by atoms with E-state index in [4.69, 9.17) is 11.6 Å². The van der Waals surface area contributed by atoms with E-state index in [2.05, 4.69) is 69.9 Å². The second kappa shape index (κ2) is 9.46. The third-order valence-electron chi connectivity index (χ3n) is 6.57. The average Bonchev–Trinajstić information content (AvgIpc) is 3.22. The molecule has 2 aromatic rings. The quantitative estimate of drug-likeness (QED) is 0.717. The van der Waals surface area contributed by atoms with Crippen LogP contribution in [0.1, 0.15) is 24.5 Å². The minimum Gasteiger partial charge on any atom is -0.360 e. The number of benzene rings is 2. The highest BCUT2D eigenvalue weighted by atomic mass is 35.5. The van der Waals surface area contributed by atoms with Crippen LogP contribution < -0.4 is 5.32 Å². The SMILES string of the molecule is CCC(=O)N1CCN(CC2=C(c3ccc(Cl)cc3)NC3C=CC(c4ccccc4)=CN23)CC1. The van der Waals surface area contributed by atoms with Gasteiger partial charge in [0.2, 0.25) is 5.91 Å². The Balaban J connectivity index is 1.44. The Kier molecular flexibility index (Phi) is 6.25. The first-order chi connectivity index (χ1) is 16.1. The largest absolute Gasteiger partial charge is 0.360 e. The second-order valence-electron chi connectivity index (χ2n) is 8.65.